The molecule has 4 N–H and O–H groups in total. The highest BCUT2D eigenvalue weighted by molar-refractivity contribution is 5.13. The third-order valence-corrected chi connectivity index (χ3v) is 3.11. The summed E-state index contributed by atoms with van der Waals surface area (Å²) in [6, 6.07) is 9.28. The van der Waals surface area contributed by atoms with Gasteiger partial charge in [-0.25, -0.2) is 0 Å². The minimum absolute atomic E-state index is 0.198. The number of ether oxygens (including phenoxy) is 2. The molecule has 1 fully saturated rings. The van der Waals surface area contributed by atoms with Gasteiger partial charge in [-0.2, -0.15) is 0 Å². The van der Waals surface area contributed by atoms with Gasteiger partial charge in [0.1, 0.15) is 24.4 Å². The third kappa shape index (κ3) is 3.30. The van der Waals surface area contributed by atoms with E-state index in [9.17, 15) is 15.3 Å². The quantitative estimate of drug-likeness (QED) is 0.560. The first-order valence-corrected chi connectivity index (χ1v) is 6.09. The number of aliphatic hydroxyl groups is 4. The number of benzene rings is 1. The van der Waals surface area contributed by atoms with Crippen molar-refractivity contribution in [1.82, 2.24) is 0 Å². The lowest BCUT2D eigenvalue weighted by molar-refractivity contribution is -0.304. The molecule has 106 valence electrons. The van der Waals surface area contributed by atoms with Gasteiger partial charge >= 0.3 is 0 Å². The van der Waals surface area contributed by atoms with Gasteiger partial charge in [0.2, 0.25) is 0 Å². The number of aliphatic hydroxyl groups excluding tert-OH is 4. The molecule has 1 heterocycles. The van der Waals surface area contributed by atoms with E-state index < -0.39 is 37.3 Å². The molecule has 1 aromatic carbocycles. The Kier molecular flexibility index (Phi) is 4.87. The fraction of sp³-hybridized carbons (Fsp3) is 0.538. The van der Waals surface area contributed by atoms with E-state index >= 15 is 0 Å². The second-order valence-corrected chi connectivity index (χ2v) is 4.49. The van der Waals surface area contributed by atoms with Crippen LogP contribution in [0.1, 0.15) is 5.56 Å². The average molecular weight is 270 g/mol. The van der Waals surface area contributed by atoms with Crippen molar-refractivity contribution in [2.45, 2.75) is 37.3 Å². The van der Waals surface area contributed by atoms with E-state index in [-0.39, 0.29) is 6.61 Å². The molecule has 0 aromatic heterocycles. The first kappa shape index (κ1) is 14.4. The van der Waals surface area contributed by atoms with Crippen molar-refractivity contribution in [3.05, 3.63) is 35.9 Å². The summed E-state index contributed by atoms with van der Waals surface area (Å²) in [5.74, 6) is 0. The largest absolute Gasteiger partial charge is 0.394 e. The van der Waals surface area contributed by atoms with E-state index in [1.165, 1.54) is 0 Å². The van der Waals surface area contributed by atoms with Crippen LogP contribution in [0.15, 0.2) is 30.3 Å². The summed E-state index contributed by atoms with van der Waals surface area (Å²) in [4.78, 5) is 0. The van der Waals surface area contributed by atoms with Crippen molar-refractivity contribution >= 4 is 0 Å². The van der Waals surface area contributed by atoms with E-state index in [4.69, 9.17) is 14.6 Å². The lowest BCUT2D eigenvalue weighted by Crippen LogP contribution is -2.59. The smallest absolute Gasteiger partial charge is 0.187 e. The summed E-state index contributed by atoms with van der Waals surface area (Å²) in [5, 5.41) is 38.0. The molecule has 0 saturated carbocycles. The van der Waals surface area contributed by atoms with E-state index in [0.717, 1.165) is 5.56 Å². The Hall–Kier alpha value is -1.02. The van der Waals surface area contributed by atoms with E-state index in [1.807, 2.05) is 30.3 Å². The molecule has 0 amide bonds. The molecule has 1 aliphatic heterocycles. The molecule has 1 aromatic rings. The highest BCUT2D eigenvalue weighted by Crippen LogP contribution is 2.22. The van der Waals surface area contributed by atoms with Crippen LogP contribution in [0.2, 0.25) is 0 Å². The van der Waals surface area contributed by atoms with Crippen LogP contribution in [0.25, 0.3) is 0 Å². The van der Waals surface area contributed by atoms with Crippen molar-refractivity contribution in [1.29, 1.82) is 0 Å². The normalized spacial score (nSPS) is 35.3. The SMILES string of the molecule is OCC1O[C@@H](OCc2ccccc2)C(O)[C@@H](O)[C@H]1O. The zero-order chi connectivity index (χ0) is 13.8. The van der Waals surface area contributed by atoms with Gasteiger partial charge in [-0.3, -0.25) is 0 Å². The second kappa shape index (κ2) is 6.42. The van der Waals surface area contributed by atoms with Gasteiger partial charge in [-0.05, 0) is 5.56 Å². The summed E-state index contributed by atoms with van der Waals surface area (Å²) in [7, 11) is 0. The van der Waals surface area contributed by atoms with Gasteiger partial charge in [0.25, 0.3) is 0 Å². The van der Waals surface area contributed by atoms with Crippen LogP contribution in [-0.4, -0.2) is 57.7 Å². The molecule has 0 bridgehead atoms. The topological polar surface area (TPSA) is 99.4 Å². The highest BCUT2D eigenvalue weighted by atomic mass is 16.7. The Labute approximate surface area is 110 Å². The summed E-state index contributed by atoms with van der Waals surface area (Å²) < 4.78 is 10.6. The van der Waals surface area contributed by atoms with Crippen LogP contribution in [0.3, 0.4) is 0 Å². The maximum absolute atomic E-state index is 9.76. The third-order valence-electron chi connectivity index (χ3n) is 3.11. The molecule has 2 rings (SSSR count). The van der Waals surface area contributed by atoms with Crippen molar-refractivity contribution in [3.8, 4) is 0 Å². The van der Waals surface area contributed by atoms with Crippen molar-refractivity contribution in [3.63, 3.8) is 0 Å². The van der Waals surface area contributed by atoms with Gasteiger partial charge in [-0.15, -0.1) is 0 Å². The lowest BCUT2D eigenvalue weighted by atomic mass is 9.99. The minimum atomic E-state index is -1.41. The van der Waals surface area contributed by atoms with E-state index in [2.05, 4.69) is 0 Å². The molecule has 1 saturated heterocycles. The van der Waals surface area contributed by atoms with Crippen molar-refractivity contribution in [2.75, 3.05) is 6.61 Å². The van der Waals surface area contributed by atoms with Crippen LogP contribution in [0.4, 0.5) is 0 Å². The molecule has 6 nitrogen and oxygen atoms in total. The zero-order valence-corrected chi connectivity index (χ0v) is 10.3. The van der Waals surface area contributed by atoms with Crippen LogP contribution in [-0.2, 0) is 16.1 Å². The molecule has 0 aliphatic carbocycles. The van der Waals surface area contributed by atoms with Crippen molar-refractivity contribution < 1.29 is 29.9 Å². The van der Waals surface area contributed by atoms with Gasteiger partial charge in [0.15, 0.2) is 6.29 Å². The Morgan fingerprint density at radius 2 is 1.68 bits per heavy atom. The molecular weight excluding hydrogens is 252 g/mol. The minimum Gasteiger partial charge on any atom is -0.394 e. The number of rotatable bonds is 4. The summed E-state index contributed by atoms with van der Waals surface area (Å²) in [6.07, 6.45) is -6.17. The molecule has 2 unspecified atom stereocenters. The van der Waals surface area contributed by atoms with E-state index in [1.54, 1.807) is 0 Å². The average Bonchev–Trinajstić information content (AvgIpc) is 2.45. The number of hydrogen-bond donors (Lipinski definition) is 4. The molecule has 5 atom stereocenters. The van der Waals surface area contributed by atoms with Crippen molar-refractivity contribution in [2.24, 2.45) is 0 Å². The van der Waals surface area contributed by atoms with Crippen LogP contribution < -0.4 is 0 Å². The van der Waals surface area contributed by atoms with Gasteiger partial charge in [0, 0.05) is 0 Å². The van der Waals surface area contributed by atoms with E-state index in [0.29, 0.717) is 0 Å². The lowest BCUT2D eigenvalue weighted by Gasteiger charge is -2.39. The second-order valence-electron chi connectivity index (χ2n) is 4.49. The zero-order valence-electron chi connectivity index (χ0n) is 10.3. The maximum atomic E-state index is 9.76. The molecule has 6 heteroatoms. The number of hydrogen-bond acceptors (Lipinski definition) is 6. The summed E-state index contributed by atoms with van der Waals surface area (Å²) in [5.41, 5.74) is 0.888. The first-order valence-electron chi connectivity index (χ1n) is 6.09. The Morgan fingerprint density at radius 1 is 1.00 bits per heavy atom. The first-order chi connectivity index (χ1) is 9.13. The Morgan fingerprint density at radius 3 is 2.32 bits per heavy atom. The standard InChI is InChI=1S/C13H18O6/c14-6-9-10(15)11(16)12(17)13(19-9)18-7-8-4-2-1-3-5-8/h1-5,9-17H,6-7H2/t9?,10-,11-,12?,13+/m0/s1. The fourth-order valence-corrected chi connectivity index (χ4v) is 1.96. The summed E-state index contributed by atoms with van der Waals surface area (Å²) >= 11 is 0. The molecule has 1 aliphatic rings. The fourth-order valence-electron chi connectivity index (χ4n) is 1.96. The molecule has 0 spiro atoms. The predicted molar refractivity (Wildman–Crippen MR) is 65.0 cm³/mol. The summed E-state index contributed by atoms with van der Waals surface area (Å²) in [6.45, 7) is -0.264. The Bertz CT molecular complexity index is 382. The van der Waals surface area contributed by atoms with Gasteiger partial charge in [-0.1, -0.05) is 30.3 Å². The Balaban J connectivity index is 1.95. The maximum Gasteiger partial charge on any atom is 0.187 e. The van der Waals surface area contributed by atoms with Gasteiger partial charge in [0.05, 0.1) is 13.2 Å². The molecule has 19 heavy (non-hydrogen) atoms. The van der Waals surface area contributed by atoms with Crippen LogP contribution in [0.5, 0.6) is 0 Å². The monoisotopic (exact) mass is 270 g/mol. The van der Waals surface area contributed by atoms with Crippen LogP contribution >= 0.6 is 0 Å². The molecule has 0 radical (unpaired) electrons. The van der Waals surface area contributed by atoms with Gasteiger partial charge < -0.3 is 29.9 Å². The molecular formula is C13H18O6. The highest BCUT2D eigenvalue weighted by Gasteiger charge is 2.43. The predicted octanol–water partition coefficient (Wildman–Crippen LogP) is -0.997. The van der Waals surface area contributed by atoms with Crippen LogP contribution in [0, 0.1) is 0 Å².